The van der Waals surface area contributed by atoms with Gasteiger partial charge in [-0.25, -0.2) is 0 Å². The van der Waals surface area contributed by atoms with Crippen molar-refractivity contribution in [3.63, 3.8) is 0 Å². The predicted molar refractivity (Wildman–Crippen MR) is 101 cm³/mol. The second-order valence-corrected chi connectivity index (χ2v) is 6.31. The van der Waals surface area contributed by atoms with Crippen molar-refractivity contribution in [2.75, 3.05) is 13.1 Å². The van der Waals surface area contributed by atoms with Crippen LogP contribution in [0.5, 0.6) is 5.75 Å². The van der Waals surface area contributed by atoms with Crippen LogP contribution in [-0.2, 0) is 6.54 Å². The first kappa shape index (κ1) is 18.2. The van der Waals surface area contributed by atoms with Gasteiger partial charge >= 0.3 is 0 Å². The molecule has 1 aromatic heterocycles. The van der Waals surface area contributed by atoms with Crippen LogP contribution in [0.2, 0.25) is 0 Å². The predicted octanol–water partition coefficient (Wildman–Crippen LogP) is 3.55. The van der Waals surface area contributed by atoms with Crippen molar-refractivity contribution in [1.29, 1.82) is 0 Å². The number of likely N-dealkylation sites (tertiary alicyclic amines) is 1. The number of nitro benzene ring substituents is 1. The summed E-state index contributed by atoms with van der Waals surface area (Å²) in [6, 6.07) is 12.7. The first-order valence-electron chi connectivity index (χ1n) is 8.23. The second kappa shape index (κ2) is 7.72. The molecule has 7 nitrogen and oxygen atoms in total. The van der Waals surface area contributed by atoms with E-state index in [2.05, 4.69) is 15.1 Å². The van der Waals surface area contributed by atoms with Gasteiger partial charge in [0, 0.05) is 37.2 Å². The highest BCUT2D eigenvalue weighted by Gasteiger charge is 2.24. The molecule has 0 amide bonds. The zero-order valence-corrected chi connectivity index (χ0v) is 14.8. The average Bonchev–Trinajstić information content (AvgIpc) is 3.24. The zero-order valence-electron chi connectivity index (χ0n) is 14.0. The Morgan fingerprint density at radius 3 is 2.85 bits per heavy atom. The van der Waals surface area contributed by atoms with E-state index in [4.69, 9.17) is 4.74 Å². The summed E-state index contributed by atoms with van der Waals surface area (Å²) in [6.45, 7) is 2.58. The van der Waals surface area contributed by atoms with E-state index in [1.165, 1.54) is 0 Å². The highest BCUT2D eigenvalue weighted by Crippen LogP contribution is 2.23. The maximum Gasteiger partial charge on any atom is 0.269 e. The maximum absolute atomic E-state index is 10.7. The number of aromatic amines is 1. The van der Waals surface area contributed by atoms with E-state index in [0.717, 1.165) is 48.3 Å². The van der Waals surface area contributed by atoms with Crippen molar-refractivity contribution in [2.24, 2.45) is 0 Å². The summed E-state index contributed by atoms with van der Waals surface area (Å²) in [4.78, 5) is 12.6. The number of hydrogen-bond donors (Lipinski definition) is 1. The van der Waals surface area contributed by atoms with Gasteiger partial charge in [0.1, 0.15) is 11.9 Å². The van der Waals surface area contributed by atoms with Gasteiger partial charge in [-0.2, -0.15) is 5.10 Å². The normalized spacial score (nSPS) is 17.2. The van der Waals surface area contributed by atoms with Crippen LogP contribution in [0.25, 0.3) is 10.9 Å². The Labute approximate surface area is 156 Å². The fourth-order valence-electron chi connectivity index (χ4n) is 3.20. The fraction of sp³-hybridized carbons (Fsp3) is 0.278. The van der Waals surface area contributed by atoms with Crippen LogP contribution in [0.1, 0.15) is 12.0 Å². The first-order valence-corrected chi connectivity index (χ1v) is 8.23. The van der Waals surface area contributed by atoms with Crippen LogP contribution >= 0.6 is 12.4 Å². The Balaban J connectivity index is 0.00000196. The molecular formula is C18H19ClN4O3. The molecule has 0 aliphatic carbocycles. The molecular weight excluding hydrogens is 356 g/mol. The third-order valence-electron chi connectivity index (χ3n) is 4.50. The molecule has 1 fully saturated rings. The van der Waals surface area contributed by atoms with Gasteiger partial charge in [-0.1, -0.05) is 12.1 Å². The molecule has 136 valence electrons. The molecule has 1 aliphatic heterocycles. The minimum Gasteiger partial charge on any atom is -0.489 e. The number of hydrogen-bond acceptors (Lipinski definition) is 5. The molecule has 1 atom stereocenters. The summed E-state index contributed by atoms with van der Waals surface area (Å²) in [5.74, 6) is 0.857. The van der Waals surface area contributed by atoms with Gasteiger partial charge in [-0.3, -0.25) is 20.1 Å². The quantitative estimate of drug-likeness (QED) is 0.545. The Kier molecular flexibility index (Phi) is 5.39. The lowest BCUT2D eigenvalue weighted by molar-refractivity contribution is -0.384. The fourth-order valence-corrected chi connectivity index (χ4v) is 3.20. The topological polar surface area (TPSA) is 84.3 Å². The number of rotatable bonds is 5. The van der Waals surface area contributed by atoms with E-state index in [0.29, 0.717) is 0 Å². The molecule has 3 aromatic rings. The minimum atomic E-state index is -0.375. The van der Waals surface area contributed by atoms with Gasteiger partial charge in [0.15, 0.2) is 0 Å². The molecule has 1 aliphatic rings. The zero-order chi connectivity index (χ0) is 17.2. The van der Waals surface area contributed by atoms with Gasteiger partial charge in [-0.05, 0) is 30.2 Å². The minimum absolute atomic E-state index is 0. The monoisotopic (exact) mass is 374 g/mol. The van der Waals surface area contributed by atoms with Gasteiger partial charge in [0.05, 0.1) is 16.6 Å². The molecule has 1 unspecified atom stereocenters. The van der Waals surface area contributed by atoms with E-state index in [1.807, 2.05) is 30.3 Å². The van der Waals surface area contributed by atoms with Crippen molar-refractivity contribution >= 4 is 29.0 Å². The van der Waals surface area contributed by atoms with Crippen molar-refractivity contribution in [1.82, 2.24) is 15.1 Å². The van der Waals surface area contributed by atoms with Crippen molar-refractivity contribution in [3.05, 3.63) is 64.3 Å². The number of benzene rings is 2. The van der Waals surface area contributed by atoms with Gasteiger partial charge in [-0.15, -0.1) is 12.4 Å². The smallest absolute Gasteiger partial charge is 0.269 e. The highest BCUT2D eigenvalue weighted by atomic mass is 35.5. The molecule has 2 aromatic carbocycles. The second-order valence-electron chi connectivity index (χ2n) is 6.31. The van der Waals surface area contributed by atoms with Crippen LogP contribution in [-0.4, -0.2) is 39.2 Å². The summed E-state index contributed by atoms with van der Waals surface area (Å²) in [5, 5.41) is 18.7. The highest BCUT2D eigenvalue weighted by molar-refractivity contribution is 5.85. The largest absolute Gasteiger partial charge is 0.489 e. The van der Waals surface area contributed by atoms with Gasteiger partial charge in [0.2, 0.25) is 0 Å². The Hall–Kier alpha value is -2.64. The Bertz CT molecular complexity index is 897. The first-order chi connectivity index (χ1) is 12.2. The Morgan fingerprint density at radius 1 is 1.27 bits per heavy atom. The molecule has 0 bridgehead atoms. The number of ether oxygens (including phenoxy) is 1. The van der Waals surface area contributed by atoms with Crippen molar-refractivity contribution in [3.8, 4) is 5.75 Å². The number of H-pyrrole nitrogens is 1. The number of nitrogens with zero attached hydrogens (tertiary/aromatic N) is 3. The molecule has 0 saturated carbocycles. The van der Waals surface area contributed by atoms with Crippen LogP contribution in [0.4, 0.5) is 5.69 Å². The van der Waals surface area contributed by atoms with Crippen LogP contribution in [0.3, 0.4) is 0 Å². The SMILES string of the molecule is Cl.O=[N+]([O-])c1ccc(CN2CCC(Oc3ccc4[nH]ncc4c3)C2)cc1. The third-order valence-corrected chi connectivity index (χ3v) is 4.50. The van der Waals surface area contributed by atoms with Crippen LogP contribution in [0, 0.1) is 10.1 Å². The lowest BCUT2D eigenvalue weighted by Gasteiger charge is -2.17. The third kappa shape index (κ3) is 3.95. The van der Waals surface area contributed by atoms with Gasteiger partial charge in [0.25, 0.3) is 5.69 Å². The molecule has 8 heteroatoms. The van der Waals surface area contributed by atoms with Crippen molar-refractivity contribution in [2.45, 2.75) is 19.1 Å². The number of fused-ring (bicyclic) bond motifs is 1. The molecule has 4 rings (SSSR count). The van der Waals surface area contributed by atoms with Gasteiger partial charge < -0.3 is 4.74 Å². The lowest BCUT2D eigenvalue weighted by atomic mass is 10.2. The van der Waals surface area contributed by atoms with E-state index in [9.17, 15) is 10.1 Å². The van der Waals surface area contributed by atoms with E-state index >= 15 is 0 Å². The number of nitro groups is 1. The summed E-state index contributed by atoms with van der Waals surface area (Å²) in [5.41, 5.74) is 2.20. The summed E-state index contributed by atoms with van der Waals surface area (Å²) in [6.07, 6.45) is 2.91. The molecule has 0 spiro atoms. The summed E-state index contributed by atoms with van der Waals surface area (Å²) >= 11 is 0. The van der Waals surface area contributed by atoms with Crippen LogP contribution < -0.4 is 4.74 Å². The number of nitrogens with one attached hydrogen (secondary N) is 1. The van der Waals surface area contributed by atoms with E-state index < -0.39 is 0 Å². The standard InChI is InChI=1S/C18H18N4O3.ClH/c23-22(24)15-3-1-13(2-4-15)11-21-8-7-17(12-21)25-16-5-6-18-14(9-16)10-19-20-18;/h1-6,9-10,17H,7-8,11-12H2,(H,19,20);1H. The number of aromatic nitrogens is 2. The molecule has 0 radical (unpaired) electrons. The molecule has 1 N–H and O–H groups in total. The number of non-ortho nitro benzene ring substituents is 1. The summed E-state index contributed by atoms with van der Waals surface area (Å²) in [7, 11) is 0. The maximum atomic E-state index is 10.7. The molecule has 1 saturated heterocycles. The molecule has 2 heterocycles. The lowest BCUT2D eigenvalue weighted by Crippen LogP contribution is -2.24. The van der Waals surface area contributed by atoms with E-state index in [1.54, 1.807) is 18.3 Å². The van der Waals surface area contributed by atoms with Crippen LogP contribution in [0.15, 0.2) is 48.7 Å². The van der Waals surface area contributed by atoms with Crippen molar-refractivity contribution < 1.29 is 9.66 Å². The Morgan fingerprint density at radius 2 is 2.08 bits per heavy atom. The van der Waals surface area contributed by atoms with E-state index in [-0.39, 0.29) is 29.1 Å². The average molecular weight is 375 g/mol. The molecule has 26 heavy (non-hydrogen) atoms. The summed E-state index contributed by atoms with van der Waals surface area (Å²) < 4.78 is 6.10. The number of halogens is 1.